The molecule has 1 N–H and O–H groups in total. The van der Waals surface area contributed by atoms with Crippen molar-refractivity contribution in [2.24, 2.45) is 5.41 Å². The van der Waals surface area contributed by atoms with Crippen molar-refractivity contribution >= 4 is 11.6 Å². The first-order valence-corrected chi connectivity index (χ1v) is 6.60. The van der Waals surface area contributed by atoms with Crippen molar-refractivity contribution in [2.75, 3.05) is 24.5 Å². The first-order valence-electron chi connectivity index (χ1n) is 6.60. The summed E-state index contributed by atoms with van der Waals surface area (Å²) >= 11 is 0. The summed E-state index contributed by atoms with van der Waals surface area (Å²) in [6, 6.07) is 3.79. The molecule has 2 heterocycles. The minimum absolute atomic E-state index is 0.232. The summed E-state index contributed by atoms with van der Waals surface area (Å²) in [4.78, 5) is 18.6. The lowest BCUT2D eigenvalue weighted by molar-refractivity contribution is -0.128. The third-order valence-electron chi connectivity index (χ3n) is 3.76. The quantitative estimate of drug-likeness (QED) is 0.886. The third-order valence-corrected chi connectivity index (χ3v) is 3.76. The van der Waals surface area contributed by atoms with Crippen LogP contribution in [0.4, 0.5) is 5.69 Å². The molecule has 98 valence electrons. The number of aromatic nitrogens is 1. The zero-order chi connectivity index (χ0) is 13.0. The molecule has 0 unspecified atom stereocenters. The zero-order valence-electron chi connectivity index (χ0n) is 11.1. The van der Waals surface area contributed by atoms with Gasteiger partial charge in [0.05, 0.1) is 0 Å². The number of carbonyl (C=O) groups is 1. The number of pyridine rings is 1. The Morgan fingerprint density at radius 2 is 2.00 bits per heavy atom. The Morgan fingerprint density at radius 1 is 1.39 bits per heavy atom. The van der Waals surface area contributed by atoms with Gasteiger partial charge in [-0.25, -0.2) is 0 Å². The van der Waals surface area contributed by atoms with Crippen LogP contribution in [0.25, 0.3) is 0 Å². The average molecular weight is 247 g/mol. The number of nitrogens with one attached hydrogen (secondary N) is 1. The van der Waals surface area contributed by atoms with Crippen LogP contribution in [0.5, 0.6) is 0 Å². The summed E-state index contributed by atoms with van der Waals surface area (Å²) in [7, 11) is 0. The highest BCUT2D eigenvalue weighted by molar-refractivity contribution is 5.97. The zero-order valence-corrected chi connectivity index (χ0v) is 11.1. The van der Waals surface area contributed by atoms with Crippen molar-refractivity contribution in [1.82, 2.24) is 10.3 Å². The van der Waals surface area contributed by atoms with Crippen LogP contribution in [0.15, 0.2) is 24.5 Å². The van der Waals surface area contributed by atoms with Crippen LogP contribution in [0.1, 0.15) is 26.7 Å². The molecule has 1 amide bonds. The Bertz CT molecular complexity index is 399. The molecule has 0 atom stereocenters. The summed E-state index contributed by atoms with van der Waals surface area (Å²) in [5, 5.41) is 3.31. The van der Waals surface area contributed by atoms with Crippen LogP contribution in [-0.2, 0) is 4.79 Å². The molecule has 1 aromatic heterocycles. The Hall–Kier alpha value is -1.42. The molecule has 1 aliphatic heterocycles. The molecular weight excluding hydrogens is 226 g/mol. The van der Waals surface area contributed by atoms with Crippen LogP contribution in [-0.4, -0.2) is 30.5 Å². The summed E-state index contributed by atoms with van der Waals surface area (Å²) in [6.45, 7) is 6.65. The van der Waals surface area contributed by atoms with Gasteiger partial charge in [-0.3, -0.25) is 9.78 Å². The van der Waals surface area contributed by atoms with Gasteiger partial charge in [0.15, 0.2) is 0 Å². The van der Waals surface area contributed by atoms with Gasteiger partial charge in [-0.15, -0.1) is 0 Å². The fourth-order valence-electron chi connectivity index (χ4n) is 2.49. The topological polar surface area (TPSA) is 45.2 Å². The second-order valence-corrected chi connectivity index (χ2v) is 5.07. The Kier molecular flexibility index (Phi) is 3.97. The first kappa shape index (κ1) is 13.0. The lowest BCUT2D eigenvalue weighted by atomic mass is 9.79. The molecule has 0 aromatic carbocycles. The maximum atomic E-state index is 12.7. The molecule has 1 saturated heterocycles. The number of hydrogen-bond donors (Lipinski definition) is 1. The molecule has 0 saturated carbocycles. The molecule has 1 aromatic rings. The molecule has 4 nitrogen and oxygen atoms in total. The van der Waals surface area contributed by atoms with Crippen LogP contribution >= 0.6 is 0 Å². The third kappa shape index (κ3) is 2.53. The second kappa shape index (κ2) is 5.48. The minimum Gasteiger partial charge on any atom is -0.317 e. The van der Waals surface area contributed by atoms with Crippen LogP contribution in [0.3, 0.4) is 0 Å². The fourth-order valence-corrected chi connectivity index (χ4v) is 2.49. The summed E-state index contributed by atoms with van der Waals surface area (Å²) in [6.07, 6.45) is 5.28. The van der Waals surface area contributed by atoms with Crippen molar-refractivity contribution < 1.29 is 4.79 Å². The standard InChI is InChI=1S/C14H21N3O/c1-3-17(12-4-8-15-9-5-12)13(18)14(2)6-10-16-11-7-14/h4-5,8-9,16H,3,6-7,10-11H2,1-2H3. The van der Waals surface area contributed by atoms with Crippen LogP contribution in [0.2, 0.25) is 0 Å². The van der Waals surface area contributed by atoms with Crippen molar-refractivity contribution in [3.63, 3.8) is 0 Å². The fraction of sp³-hybridized carbons (Fsp3) is 0.571. The predicted octanol–water partition coefficient (Wildman–Crippen LogP) is 1.82. The van der Waals surface area contributed by atoms with Gasteiger partial charge in [0.25, 0.3) is 0 Å². The van der Waals surface area contributed by atoms with Gasteiger partial charge in [0.1, 0.15) is 0 Å². The Balaban J connectivity index is 2.20. The van der Waals surface area contributed by atoms with Crippen molar-refractivity contribution in [1.29, 1.82) is 0 Å². The summed E-state index contributed by atoms with van der Waals surface area (Å²) in [5.74, 6) is 0.234. The molecule has 0 bridgehead atoms. The highest BCUT2D eigenvalue weighted by Crippen LogP contribution is 2.32. The van der Waals surface area contributed by atoms with Crippen molar-refractivity contribution in [3.8, 4) is 0 Å². The van der Waals surface area contributed by atoms with Gasteiger partial charge in [-0.2, -0.15) is 0 Å². The molecular formula is C14H21N3O. The van der Waals surface area contributed by atoms with E-state index in [1.54, 1.807) is 12.4 Å². The highest BCUT2D eigenvalue weighted by atomic mass is 16.2. The SMILES string of the molecule is CCN(C(=O)C1(C)CCNCC1)c1ccncc1. The van der Waals surface area contributed by atoms with E-state index in [9.17, 15) is 4.79 Å². The number of nitrogens with zero attached hydrogens (tertiary/aromatic N) is 2. The van der Waals surface area contributed by atoms with Gasteiger partial charge in [0.2, 0.25) is 5.91 Å². The molecule has 18 heavy (non-hydrogen) atoms. The average Bonchev–Trinajstić information content (AvgIpc) is 2.41. The molecule has 2 rings (SSSR count). The molecule has 1 fully saturated rings. The smallest absolute Gasteiger partial charge is 0.233 e. The van der Waals surface area contributed by atoms with E-state index in [4.69, 9.17) is 0 Å². The second-order valence-electron chi connectivity index (χ2n) is 5.07. The van der Waals surface area contributed by atoms with E-state index >= 15 is 0 Å². The minimum atomic E-state index is -0.232. The van der Waals surface area contributed by atoms with Gasteiger partial charge >= 0.3 is 0 Å². The number of carbonyl (C=O) groups excluding carboxylic acids is 1. The van der Waals surface area contributed by atoms with Gasteiger partial charge in [-0.1, -0.05) is 6.92 Å². The van der Waals surface area contributed by atoms with Crippen molar-refractivity contribution in [3.05, 3.63) is 24.5 Å². The largest absolute Gasteiger partial charge is 0.317 e. The summed E-state index contributed by atoms with van der Waals surface area (Å²) < 4.78 is 0. The van der Waals surface area contributed by atoms with Gasteiger partial charge in [0, 0.05) is 30.0 Å². The van der Waals surface area contributed by atoms with E-state index in [1.807, 2.05) is 24.0 Å². The molecule has 0 spiro atoms. The molecule has 4 heteroatoms. The Labute approximate surface area is 108 Å². The highest BCUT2D eigenvalue weighted by Gasteiger charge is 2.37. The van der Waals surface area contributed by atoms with Crippen LogP contribution < -0.4 is 10.2 Å². The number of amides is 1. The number of piperidine rings is 1. The maximum absolute atomic E-state index is 12.7. The van der Waals surface area contributed by atoms with E-state index < -0.39 is 0 Å². The van der Waals surface area contributed by atoms with Gasteiger partial charge < -0.3 is 10.2 Å². The lowest BCUT2D eigenvalue weighted by Crippen LogP contribution is -2.47. The number of anilines is 1. The first-order chi connectivity index (χ1) is 8.67. The monoisotopic (exact) mass is 247 g/mol. The summed E-state index contributed by atoms with van der Waals surface area (Å²) in [5.41, 5.74) is 0.710. The maximum Gasteiger partial charge on any atom is 0.233 e. The molecule has 0 radical (unpaired) electrons. The van der Waals surface area contributed by atoms with E-state index in [1.165, 1.54) is 0 Å². The van der Waals surface area contributed by atoms with Crippen LogP contribution in [0, 0.1) is 5.41 Å². The molecule has 1 aliphatic rings. The van der Waals surface area contributed by atoms with E-state index in [-0.39, 0.29) is 11.3 Å². The number of hydrogen-bond acceptors (Lipinski definition) is 3. The predicted molar refractivity (Wildman–Crippen MR) is 72.5 cm³/mol. The van der Waals surface area contributed by atoms with E-state index in [0.717, 1.165) is 31.6 Å². The Morgan fingerprint density at radius 3 is 2.56 bits per heavy atom. The normalized spacial score (nSPS) is 18.3. The molecule has 0 aliphatic carbocycles. The lowest BCUT2D eigenvalue weighted by Gasteiger charge is -2.37. The van der Waals surface area contributed by atoms with E-state index in [0.29, 0.717) is 6.54 Å². The van der Waals surface area contributed by atoms with E-state index in [2.05, 4.69) is 17.2 Å². The van der Waals surface area contributed by atoms with Gasteiger partial charge in [-0.05, 0) is 45.0 Å². The number of rotatable bonds is 3. The van der Waals surface area contributed by atoms with Crippen molar-refractivity contribution in [2.45, 2.75) is 26.7 Å².